The van der Waals surface area contributed by atoms with Gasteiger partial charge < -0.3 is 9.80 Å². The van der Waals surface area contributed by atoms with Gasteiger partial charge in [0.05, 0.1) is 75.9 Å². The zero-order valence-corrected chi connectivity index (χ0v) is 100. The van der Waals surface area contributed by atoms with E-state index in [2.05, 4.69) is 474 Å². The maximum Gasteiger partial charge on any atom is 0.369 e. The minimum atomic E-state index is 0. The van der Waals surface area contributed by atoms with Crippen LogP contribution in [-0.2, 0) is 42.3 Å². The molecule has 3 atom stereocenters. The third kappa shape index (κ3) is 30.8. The molecule has 148 heavy (non-hydrogen) atoms. The molecule has 13 heteroatoms. The van der Waals surface area contributed by atoms with Gasteiger partial charge in [-0.2, -0.15) is 13.7 Å². The molecule has 22 rings (SSSR count). The molecule has 1 unspecified atom stereocenters. The molecule has 13 nitrogen and oxygen atoms in total. The van der Waals surface area contributed by atoms with E-state index in [0.29, 0.717) is 18.1 Å². The molecule has 0 saturated heterocycles. The molecule has 1 aliphatic carbocycles. The van der Waals surface area contributed by atoms with Gasteiger partial charge in [-0.05, 0) is 153 Å². The van der Waals surface area contributed by atoms with E-state index in [-0.39, 0.29) is 7.43 Å². The van der Waals surface area contributed by atoms with Crippen molar-refractivity contribution in [1.29, 1.82) is 0 Å². The van der Waals surface area contributed by atoms with Gasteiger partial charge in [0.2, 0.25) is 0 Å². The van der Waals surface area contributed by atoms with Gasteiger partial charge in [-0.3, -0.25) is 0 Å². The SMILES string of the molecule is C.CC.CC.CC.CC.CC.CC.CC.CC.CC.CC.CC.CC.CC.CC.CC.CC.C[C@@H]1C=CC=C2c3ccccc3-c3cc[n+](C)n3C21.Cc1cccc2c1N1C(=CN(C)[C@@H]1C)c1ccccc1-2.Cc1cccc2c3ccccc3n(-c3cccc[n+]3C)c12.Cc1cccc2c3ccccc3n(-c3n(C)cc[n+]3C)c12.Cc1ccccc1-n1c2ccccc2c2ccc[n+](C)c21.Cc1ccccc1-n1ccc[n+]1C. The van der Waals surface area contributed by atoms with Crippen molar-refractivity contribution in [3.05, 3.63) is 374 Å². The summed E-state index contributed by atoms with van der Waals surface area (Å²) < 4.78 is 24.6. The Kier molecular flexibility index (Phi) is 65.9. The Bertz CT molecular complexity index is 6680. The minimum Gasteiger partial charge on any atom is -0.358 e. The van der Waals surface area contributed by atoms with Gasteiger partial charge in [0.25, 0.3) is 11.5 Å². The van der Waals surface area contributed by atoms with Crippen LogP contribution in [-0.4, -0.2) is 45.7 Å². The number of nitrogens with zero attached hydrogens (tertiary/aromatic N) is 13. The van der Waals surface area contributed by atoms with E-state index < -0.39 is 0 Å². The first kappa shape index (κ1) is 134. The lowest BCUT2D eigenvalue weighted by Gasteiger charge is -2.36. The Morgan fingerprint density at radius 3 is 1.20 bits per heavy atom. The van der Waals surface area contributed by atoms with Crippen molar-refractivity contribution in [1.82, 2.24) is 32.5 Å². The Hall–Kier alpha value is -13.7. The van der Waals surface area contributed by atoms with Gasteiger partial charge in [0.1, 0.15) is 56.9 Å². The lowest BCUT2D eigenvalue weighted by molar-refractivity contribution is -0.754. The molecule has 0 saturated carbocycles. The first-order valence-corrected chi connectivity index (χ1v) is 55.9. The number of pyridine rings is 2. The molecule has 0 bridgehead atoms. The number of hydrogen-bond acceptors (Lipinski definition) is 2. The van der Waals surface area contributed by atoms with E-state index in [1.165, 1.54) is 161 Å². The van der Waals surface area contributed by atoms with Crippen molar-refractivity contribution in [2.24, 2.45) is 48.2 Å². The molecule has 11 heterocycles. The number of fused-ring (bicyclic) bond motifs is 21. The number of aryl methyl sites for hydroxylation is 11. The Balaban J connectivity index is 0.00000166. The molecular formula is C135H200N13+5. The standard InChI is InChI=1S/2C19H17N2.C18H18N3.C18H18N2.C17H17N2.C11H13N2.16C2H6.CH4/c1-14-8-3-5-11-17(14)21-18-12-6-4-9-15(18)16-10-7-13-20(2)19(16)21;1-14-8-7-10-16-15-9-3-4-11-17(15)21(19(14)16)18-12-5-6-13-20(18)2;1-13-7-6-9-15-14-8-4-5-10-16(14)21(17(13)15)18-19(2)11-12-20(18)3;1-12-7-6-10-16-14-8-4-5-9-15(14)17-11-19(3)13(2)20(17)18(12)16;1-12-6-5-9-15-13-7-3-4-8-14(13)16-10-11-18(2)19(16)17(12)15;1-10-6-3-4-7-11(10)13-9-5-8-12(13)2;16*1-2;/h2*3-13H,1-2H3;4-12H,1-3H3;4-11,13H,1-3H3;3-12,17H,1-2H3;3-9H,1-2H3;16*1-2H3;1H4/q3*+1;;2*+1;;;;;;;;;;;;;;;;;/t;;;13-;12-,17?;;;;;;;;;;;;;;;;;;/m...01................../s1. The summed E-state index contributed by atoms with van der Waals surface area (Å²) in [5.41, 5.74) is 28.7. The largest absolute Gasteiger partial charge is 0.369 e. The lowest BCUT2D eigenvalue weighted by Crippen LogP contribution is -2.44. The fraction of sp³-hybridized carbons (Fsp3) is 0.370. The fourth-order valence-corrected chi connectivity index (χ4v) is 18.0. The molecule has 4 aliphatic rings. The third-order valence-electron chi connectivity index (χ3n) is 23.6. The van der Waals surface area contributed by atoms with Crippen LogP contribution in [0.15, 0.2) is 335 Å². The second-order valence-electron chi connectivity index (χ2n) is 31.0. The molecule has 0 amide bonds. The Morgan fingerprint density at radius 2 is 0.703 bits per heavy atom. The highest BCUT2D eigenvalue weighted by Gasteiger charge is 2.39. The summed E-state index contributed by atoms with van der Waals surface area (Å²) >= 11 is 0. The van der Waals surface area contributed by atoms with E-state index >= 15 is 0 Å². The molecule has 3 aliphatic heterocycles. The molecular weight excluding hydrogens is 1800 g/mol. The van der Waals surface area contributed by atoms with E-state index in [4.69, 9.17) is 0 Å². The summed E-state index contributed by atoms with van der Waals surface area (Å²) in [5, 5.41) is 7.82. The summed E-state index contributed by atoms with van der Waals surface area (Å²) in [5.74, 6) is 2.86. The van der Waals surface area contributed by atoms with Crippen molar-refractivity contribution in [3.63, 3.8) is 0 Å². The quantitative estimate of drug-likeness (QED) is 0.165. The highest BCUT2D eigenvalue weighted by Crippen LogP contribution is 2.50. The highest BCUT2D eigenvalue weighted by molar-refractivity contribution is 6.12. The maximum atomic E-state index is 2.47. The van der Waals surface area contributed by atoms with E-state index in [0.717, 1.165) is 5.95 Å². The lowest BCUT2D eigenvalue weighted by atomic mass is 9.81. The van der Waals surface area contributed by atoms with Crippen LogP contribution >= 0.6 is 0 Å². The van der Waals surface area contributed by atoms with Crippen molar-refractivity contribution >= 4 is 82.5 Å². The topological polar surface area (TPSA) is 55.5 Å². The zero-order chi connectivity index (χ0) is 111. The highest BCUT2D eigenvalue weighted by atomic mass is 15.4. The molecule has 10 aromatic carbocycles. The van der Waals surface area contributed by atoms with Gasteiger partial charge in [-0.1, -0.05) is 436 Å². The molecule has 0 radical (unpaired) electrons. The second kappa shape index (κ2) is 72.6. The molecule has 18 aromatic rings. The van der Waals surface area contributed by atoms with Gasteiger partial charge in [-0.15, -0.1) is 18.7 Å². The van der Waals surface area contributed by atoms with Crippen LogP contribution in [0.2, 0.25) is 0 Å². The van der Waals surface area contributed by atoms with Gasteiger partial charge in [-0.25, -0.2) is 18.3 Å². The normalized spacial score (nSPS) is 12.0. The van der Waals surface area contributed by atoms with Crippen LogP contribution in [0.25, 0.3) is 122 Å². The maximum absolute atomic E-state index is 2.47. The molecule has 8 aromatic heterocycles. The summed E-state index contributed by atoms with van der Waals surface area (Å²) in [4.78, 5) is 4.75. The second-order valence-corrected chi connectivity index (χ2v) is 31.0. The first-order chi connectivity index (χ1) is 72.0. The monoisotopic (exact) mass is 2000 g/mol. The average molecular weight is 2010 g/mol. The van der Waals surface area contributed by atoms with E-state index in [9.17, 15) is 0 Å². The van der Waals surface area contributed by atoms with Crippen LogP contribution in [0.1, 0.15) is 288 Å². The van der Waals surface area contributed by atoms with Crippen molar-refractivity contribution in [3.8, 4) is 45.5 Å². The van der Waals surface area contributed by atoms with Crippen LogP contribution in [0.4, 0.5) is 5.69 Å². The van der Waals surface area contributed by atoms with Crippen molar-refractivity contribution < 1.29 is 23.1 Å². The fourth-order valence-electron chi connectivity index (χ4n) is 18.0. The Labute approximate surface area is 901 Å². The molecule has 800 valence electrons. The number of hydrogen-bond donors (Lipinski definition) is 0. The zero-order valence-electron chi connectivity index (χ0n) is 100. The third-order valence-corrected chi connectivity index (χ3v) is 23.6. The predicted octanol–water partition coefficient (Wildman–Crippen LogP) is 36.9. The summed E-state index contributed by atoms with van der Waals surface area (Å²) in [6, 6.07) is 95.2. The first-order valence-electron chi connectivity index (χ1n) is 55.9. The van der Waals surface area contributed by atoms with Crippen LogP contribution in [0, 0.1) is 40.5 Å². The number of anilines is 1. The molecule has 0 spiro atoms. The number of rotatable bonds is 4. The molecule has 0 N–H and O–H groups in total. The minimum absolute atomic E-state index is 0. The number of aromatic nitrogens is 11. The number of imidazole rings is 1. The van der Waals surface area contributed by atoms with Crippen LogP contribution in [0.3, 0.4) is 0 Å². The smallest absolute Gasteiger partial charge is 0.358 e. The Morgan fingerprint density at radius 1 is 0.297 bits per heavy atom. The van der Waals surface area contributed by atoms with Gasteiger partial charge >= 0.3 is 5.95 Å². The van der Waals surface area contributed by atoms with E-state index in [1.807, 2.05) is 241 Å². The number of allylic oxidation sites excluding steroid dienone is 4. The summed E-state index contributed by atoms with van der Waals surface area (Å²) in [6.07, 6.45) is 24.0. The van der Waals surface area contributed by atoms with Gasteiger partial charge in [0.15, 0.2) is 26.5 Å². The summed E-state index contributed by atoms with van der Waals surface area (Å²) in [6.45, 7) is 79.4. The van der Waals surface area contributed by atoms with E-state index in [1.54, 1.807) is 0 Å². The van der Waals surface area contributed by atoms with Crippen molar-refractivity contribution in [2.45, 2.75) is 290 Å². The van der Waals surface area contributed by atoms with Crippen LogP contribution in [0.5, 0.6) is 0 Å². The van der Waals surface area contributed by atoms with Crippen molar-refractivity contribution in [2.75, 3.05) is 11.9 Å². The number of para-hydroxylation sites is 8. The average Bonchev–Trinajstić information content (AvgIpc) is 1.06. The molecule has 0 fully saturated rings. The van der Waals surface area contributed by atoms with Crippen LogP contribution < -0.4 is 28.0 Å². The van der Waals surface area contributed by atoms with Gasteiger partial charge in [0, 0.05) is 81.0 Å². The predicted molar refractivity (Wildman–Crippen MR) is 660 cm³/mol. The number of benzene rings is 10. The summed E-state index contributed by atoms with van der Waals surface area (Å²) in [7, 11) is 14.7.